The molecule has 0 amide bonds. The molecule has 0 aromatic rings. The summed E-state index contributed by atoms with van der Waals surface area (Å²) in [7, 11) is 1.89. The minimum absolute atomic E-state index is 0.0958. The van der Waals surface area contributed by atoms with Crippen LogP contribution in [0.3, 0.4) is 0 Å². The highest BCUT2D eigenvalue weighted by molar-refractivity contribution is 6.01. The second-order valence-electron chi connectivity index (χ2n) is 8.02. The highest BCUT2D eigenvalue weighted by Crippen LogP contribution is 2.45. The first-order valence-corrected chi connectivity index (χ1v) is 9.28. The summed E-state index contributed by atoms with van der Waals surface area (Å²) < 4.78 is 16.4. The van der Waals surface area contributed by atoms with Gasteiger partial charge in [-0.25, -0.2) is 9.59 Å². The molecule has 150 valence electrons. The summed E-state index contributed by atoms with van der Waals surface area (Å²) in [5, 5.41) is 10.7. The summed E-state index contributed by atoms with van der Waals surface area (Å²) in [6.45, 7) is 5.57. The number of ketones is 1. The number of rotatable bonds is 0. The van der Waals surface area contributed by atoms with E-state index in [-0.39, 0.29) is 24.4 Å². The minimum Gasteiger partial charge on any atom is -0.459 e. The number of hydrogen-bond acceptors (Lipinski definition) is 8. The van der Waals surface area contributed by atoms with Gasteiger partial charge in [-0.2, -0.15) is 0 Å². The molecule has 3 aliphatic rings. The van der Waals surface area contributed by atoms with Crippen molar-refractivity contribution in [1.29, 1.82) is 0 Å². The molecule has 0 saturated carbocycles. The molecule has 5 atom stereocenters. The zero-order valence-corrected chi connectivity index (χ0v) is 16.2. The number of hydrogen-bond donors (Lipinski definition) is 1. The number of cyclic esters (lactones) is 1. The smallest absolute Gasteiger partial charge is 0.341 e. The van der Waals surface area contributed by atoms with E-state index in [2.05, 4.69) is 0 Å². The van der Waals surface area contributed by atoms with E-state index in [1.165, 1.54) is 6.92 Å². The molecule has 2 saturated heterocycles. The molecular weight excluding hydrogens is 354 g/mol. The Balaban J connectivity index is 1.97. The van der Waals surface area contributed by atoms with Crippen LogP contribution in [0.4, 0.5) is 0 Å². The summed E-state index contributed by atoms with van der Waals surface area (Å²) in [5.74, 6) is -2.43. The monoisotopic (exact) mass is 381 g/mol. The van der Waals surface area contributed by atoms with Crippen LogP contribution in [0.15, 0.2) is 11.6 Å². The third kappa shape index (κ3) is 3.66. The number of fused-ring (bicyclic) bond motifs is 2. The molecule has 27 heavy (non-hydrogen) atoms. The summed E-state index contributed by atoms with van der Waals surface area (Å²) >= 11 is 0. The van der Waals surface area contributed by atoms with E-state index in [0.717, 1.165) is 0 Å². The second-order valence-corrected chi connectivity index (χ2v) is 8.02. The molecule has 0 unspecified atom stereocenters. The van der Waals surface area contributed by atoms with Gasteiger partial charge in [-0.1, -0.05) is 13.0 Å². The van der Waals surface area contributed by atoms with Crippen molar-refractivity contribution in [1.82, 2.24) is 4.90 Å². The number of ether oxygens (including phenoxy) is 3. The van der Waals surface area contributed by atoms with Gasteiger partial charge >= 0.3 is 11.9 Å². The van der Waals surface area contributed by atoms with Gasteiger partial charge in [0.05, 0.1) is 6.10 Å². The van der Waals surface area contributed by atoms with Crippen LogP contribution in [-0.4, -0.2) is 77.9 Å². The SMILES string of the molecule is C[C@@H]1C[C@@]2(O[C@@H]2C)C(=O)O[C@@H]2CCN(C)CC=C(COC(=O)[C@@]1(C)O)C2=O. The maximum absolute atomic E-state index is 12.9. The van der Waals surface area contributed by atoms with E-state index in [9.17, 15) is 19.5 Å². The van der Waals surface area contributed by atoms with E-state index in [0.29, 0.717) is 19.5 Å². The molecule has 2 fully saturated rings. The maximum Gasteiger partial charge on any atom is 0.341 e. The zero-order valence-electron chi connectivity index (χ0n) is 16.2. The van der Waals surface area contributed by atoms with E-state index < -0.39 is 41.3 Å². The van der Waals surface area contributed by atoms with Crippen LogP contribution in [0, 0.1) is 5.92 Å². The Bertz CT molecular complexity index is 686. The maximum atomic E-state index is 12.9. The molecule has 8 heteroatoms. The minimum atomic E-state index is -1.82. The van der Waals surface area contributed by atoms with Gasteiger partial charge in [0.15, 0.2) is 17.3 Å². The van der Waals surface area contributed by atoms with E-state index >= 15 is 0 Å². The highest BCUT2D eigenvalue weighted by atomic mass is 16.7. The second kappa shape index (κ2) is 7.00. The van der Waals surface area contributed by atoms with Crippen LogP contribution in [0.1, 0.15) is 33.6 Å². The predicted molar refractivity (Wildman–Crippen MR) is 93.7 cm³/mol. The summed E-state index contributed by atoms with van der Waals surface area (Å²) in [6.07, 6.45) is 0.756. The summed E-state index contributed by atoms with van der Waals surface area (Å²) in [4.78, 5) is 40.2. The Morgan fingerprint density at radius 1 is 1.22 bits per heavy atom. The number of esters is 2. The lowest BCUT2D eigenvalue weighted by atomic mass is 9.82. The third-order valence-electron chi connectivity index (χ3n) is 5.95. The fourth-order valence-electron chi connectivity index (χ4n) is 3.54. The van der Waals surface area contributed by atoms with E-state index in [4.69, 9.17) is 14.2 Å². The number of epoxide rings is 1. The van der Waals surface area contributed by atoms with Crippen LogP contribution in [0.2, 0.25) is 0 Å². The molecule has 1 N–H and O–H groups in total. The fraction of sp³-hybridized carbons (Fsp3) is 0.737. The Kier molecular flexibility index (Phi) is 5.18. The van der Waals surface area contributed by atoms with Gasteiger partial charge in [-0.05, 0) is 33.2 Å². The van der Waals surface area contributed by atoms with Gasteiger partial charge in [0.25, 0.3) is 0 Å². The predicted octanol–water partition coefficient (Wildman–Crippen LogP) is 0.221. The molecule has 3 rings (SSSR count). The third-order valence-corrected chi connectivity index (χ3v) is 5.95. The van der Waals surface area contributed by atoms with Crippen molar-refractivity contribution >= 4 is 17.7 Å². The average molecular weight is 381 g/mol. The molecule has 0 radical (unpaired) electrons. The number of carbonyl (C=O) groups excluding carboxylic acids is 3. The summed E-state index contributed by atoms with van der Waals surface area (Å²) in [5.41, 5.74) is -2.81. The largest absolute Gasteiger partial charge is 0.459 e. The lowest BCUT2D eigenvalue weighted by Gasteiger charge is -2.32. The molecular formula is C19H27NO7. The van der Waals surface area contributed by atoms with Crippen LogP contribution in [0.5, 0.6) is 0 Å². The van der Waals surface area contributed by atoms with Crippen molar-refractivity contribution in [3.05, 3.63) is 11.6 Å². The molecule has 0 aromatic heterocycles. The first-order chi connectivity index (χ1) is 12.6. The van der Waals surface area contributed by atoms with Gasteiger partial charge in [0.2, 0.25) is 5.78 Å². The molecule has 3 aliphatic heterocycles. The van der Waals surface area contributed by atoms with Gasteiger partial charge in [-0.3, -0.25) is 4.79 Å². The standard InChI is InChI=1S/C19H27NO7/c1-11-9-19(12(2)27-19)17(23)26-14-6-8-20(4)7-5-13(15(14)21)10-25-16(22)18(11,3)24/h5,11-12,14,24H,6-10H2,1-4H3/t11-,12-,14-,18+,19+/m1/s1. The number of aliphatic hydroxyl groups is 1. The highest BCUT2D eigenvalue weighted by Gasteiger charge is 2.63. The van der Waals surface area contributed by atoms with Crippen LogP contribution >= 0.6 is 0 Å². The Hall–Kier alpha value is -1.77. The van der Waals surface area contributed by atoms with Crippen molar-refractivity contribution in [2.75, 3.05) is 26.7 Å². The van der Waals surface area contributed by atoms with Gasteiger partial charge in [0.1, 0.15) is 6.61 Å². The number of likely N-dealkylation sites (N-methyl/N-ethyl adjacent to an activating group) is 1. The van der Waals surface area contributed by atoms with Gasteiger partial charge in [0, 0.05) is 25.1 Å². The van der Waals surface area contributed by atoms with Crippen molar-refractivity contribution in [2.24, 2.45) is 5.92 Å². The quantitative estimate of drug-likeness (QED) is 0.469. The van der Waals surface area contributed by atoms with Gasteiger partial charge < -0.3 is 24.2 Å². The van der Waals surface area contributed by atoms with Gasteiger partial charge in [-0.15, -0.1) is 0 Å². The first-order valence-electron chi connectivity index (χ1n) is 9.28. The Labute approximate surface area is 158 Å². The van der Waals surface area contributed by atoms with E-state index in [1.54, 1.807) is 19.9 Å². The Morgan fingerprint density at radius 3 is 2.52 bits per heavy atom. The summed E-state index contributed by atoms with van der Waals surface area (Å²) in [6, 6.07) is 0. The van der Waals surface area contributed by atoms with Crippen LogP contribution < -0.4 is 0 Å². The van der Waals surface area contributed by atoms with Crippen molar-refractivity contribution < 1.29 is 33.7 Å². The van der Waals surface area contributed by atoms with E-state index in [1.807, 2.05) is 11.9 Å². The molecule has 1 spiro atoms. The molecule has 8 nitrogen and oxygen atoms in total. The molecule has 3 heterocycles. The lowest BCUT2D eigenvalue weighted by Crippen LogP contribution is -2.48. The van der Waals surface area contributed by atoms with Crippen LogP contribution in [-0.2, 0) is 28.6 Å². The number of carbonyl (C=O) groups is 3. The number of Topliss-reactive ketones (excluding diaryl/α,β-unsaturated/α-hetero) is 1. The average Bonchev–Trinajstić information content (AvgIpc) is 3.26. The van der Waals surface area contributed by atoms with Crippen molar-refractivity contribution in [2.45, 2.75) is 57.0 Å². The number of nitrogens with zero attached hydrogens (tertiary/aromatic N) is 1. The topological polar surface area (TPSA) is 106 Å². The van der Waals surface area contributed by atoms with Crippen molar-refractivity contribution in [3.63, 3.8) is 0 Å². The Morgan fingerprint density at radius 2 is 1.89 bits per heavy atom. The lowest BCUT2D eigenvalue weighted by molar-refractivity contribution is -0.173. The molecule has 0 aliphatic carbocycles. The normalized spacial score (nSPS) is 41.4. The van der Waals surface area contributed by atoms with Crippen molar-refractivity contribution in [3.8, 4) is 0 Å². The molecule has 2 bridgehead atoms. The zero-order chi connectivity index (χ0) is 20.0. The van der Waals surface area contributed by atoms with Crippen LogP contribution in [0.25, 0.3) is 0 Å². The molecule has 0 aromatic carbocycles. The fourth-order valence-corrected chi connectivity index (χ4v) is 3.54. The first kappa shape index (κ1) is 20.0.